The van der Waals surface area contributed by atoms with Gasteiger partial charge in [0.05, 0.1) is 4.92 Å². The molecular weight excluding hydrogens is 408 g/mol. The Labute approximate surface area is 188 Å². The number of carbonyl (C=O) groups is 1. The van der Waals surface area contributed by atoms with Crippen molar-refractivity contribution in [2.75, 3.05) is 56.1 Å². The average Bonchev–Trinajstić information content (AvgIpc) is 2.83. The second-order valence-corrected chi connectivity index (χ2v) is 8.50. The van der Waals surface area contributed by atoms with Crippen LogP contribution in [0.3, 0.4) is 0 Å². The molecule has 0 aliphatic carbocycles. The number of carbonyl (C=O) groups excluding carboxylic acids is 1. The minimum absolute atomic E-state index is 0.0420. The Hall–Kier alpha value is -3.20. The summed E-state index contributed by atoms with van der Waals surface area (Å²) < 4.78 is 0. The molecule has 1 aromatic heterocycles. The lowest BCUT2D eigenvalue weighted by Gasteiger charge is -2.34. The van der Waals surface area contributed by atoms with Crippen molar-refractivity contribution in [2.24, 2.45) is 5.92 Å². The molecule has 2 aromatic rings. The summed E-state index contributed by atoms with van der Waals surface area (Å²) in [7, 11) is 2.12. The first kappa shape index (κ1) is 22.0. The summed E-state index contributed by atoms with van der Waals surface area (Å²) in [6.07, 6.45) is 3.16. The van der Waals surface area contributed by atoms with Gasteiger partial charge in [0, 0.05) is 69.6 Å². The summed E-state index contributed by atoms with van der Waals surface area (Å²) >= 11 is 0. The van der Waals surface area contributed by atoms with Gasteiger partial charge in [-0.25, -0.2) is 4.98 Å². The van der Waals surface area contributed by atoms with Crippen molar-refractivity contribution in [3.05, 3.63) is 58.3 Å². The highest BCUT2D eigenvalue weighted by Gasteiger charge is 2.28. The standard InChI is InChI=1S/C23H30N6O3/c1-26-13-15-28(16-14-26)22-19(5-4-10-24-22)17-25-23(30)18-8-11-27(12-9-18)20-6-2-3-7-21(20)29(31)32/h2-7,10,18H,8-9,11-17H2,1H3,(H,25,30). The summed E-state index contributed by atoms with van der Waals surface area (Å²) in [5.41, 5.74) is 1.77. The molecule has 1 aromatic carbocycles. The number of nitrogens with zero attached hydrogens (tertiary/aromatic N) is 5. The molecule has 2 aliphatic rings. The van der Waals surface area contributed by atoms with E-state index >= 15 is 0 Å². The predicted molar refractivity (Wildman–Crippen MR) is 124 cm³/mol. The molecule has 2 aliphatic heterocycles. The van der Waals surface area contributed by atoms with E-state index < -0.39 is 0 Å². The van der Waals surface area contributed by atoms with Crippen LogP contribution in [0.4, 0.5) is 17.2 Å². The number of pyridine rings is 1. The molecule has 170 valence electrons. The third kappa shape index (κ3) is 4.99. The van der Waals surface area contributed by atoms with Crippen molar-refractivity contribution in [1.82, 2.24) is 15.2 Å². The van der Waals surface area contributed by atoms with E-state index in [0.717, 1.165) is 37.6 Å². The molecule has 3 heterocycles. The van der Waals surface area contributed by atoms with Crippen LogP contribution in [0.15, 0.2) is 42.6 Å². The van der Waals surface area contributed by atoms with Crippen LogP contribution < -0.4 is 15.1 Å². The number of piperidine rings is 1. The molecule has 2 fully saturated rings. The fourth-order valence-electron chi connectivity index (χ4n) is 4.47. The predicted octanol–water partition coefficient (Wildman–Crippen LogP) is 2.27. The minimum atomic E-state index is -0.347. The molecule has 4 rings (SSSR count). The number of aromatic nitrogens is 1. The lowest BCUT2D eigenvalue weighted by atomic mass is 9.95. The number of hydrogen-bond donors (Lipinski definition) is 1. The van der Waals surface area contributed by atoms with Gasteiger partial charge in [0.15, 0.2) is 0 Å². The maximum Gasteiger partial charge on any atom is 0.292 e. The van der Waals surface area contributed by atoms with E-state index in [4.69, 9.17) is 0 Å². The number of nitro groups is 1. The summed E-state index contributed by atoms with van der Waals surface area (Å²) in [5, 5.41) is 14.4. The Morgan fingerprint density at radius 3 is 2.50 bits per heavy atom. The molecule has 9 nitrogen and oxygen atoms in total. The molecular formula is C23H30N6O3. The lowest BCUT2D eigenvalue weighted by Crippen LogP contribution is -2.45. The van der Waals surface area contributed by atoms with Crippen LogP contribution in [-0.4, -0.2) is 67.0 Å². The summed E-state index contributed by atoms with van der Waals surface area (Å²) in [6.45, 7) is 5.57. The van der Waals surface area contributed by atoms with Crippen LogP contribution in [0, 0.1) is 16.0 Å². The average molecular weight is 439 g/mol. The fourth-order valence-corrected chi connectivity index (χ4v) is 4.47. The Morgan fingerprint density at radius 1 is 1.06 bits per heavy atom. The fraction of sp³-hybridized carbons (Fsp3) is 0.478. The van der Waals surface area contributed by atoms with Crippen LogP contribution in [0.25, 0.3) is 0 Å². The number of benzene rings is 1. The molecule has 1 amide bonds. The van der Waals surface area contributed by atoms with Gasteiger partial charge < -0.3 is 20.0 Å². The molecule has 1 N–H and O–H groups in total. The Bertz CT molecular complexity index is 952. The molecule has 32 heavy (non-hydrogen) atoms. The maximum absolute atomic E-state index is 12.8. The Kier molecular flexibility index (Phi) is 6.84. The van der Waals surface area contributed by atoms with Gasteiger partial charge in [-0.05, 0) is 32.0 Å². The van der Waals surface area contributed by atoms with Gasteiger partial charge in [0.2, 0.25) is 5.91 Å². The van der Waals surface area contributed by atoms with Crippen molar-refractivity contribution >= 4 is 23.1 Å². The molecule has 0 unspecified atom stereocenters. The summed E-state index contributed by atoms with van der Waals surface area (Å²) in [6, 6.07) is 10.7. The highest BCUT2D eigenvalue weighted by molar-refractivity contribution is 5.79. The number of anilines is 2. The zero-order valence-corrected chi connectivity index (χ0v) is 18.4. The number of nitrogens with one attached hydrogen (secondary N) is 1. The summed E-state index contributed by atoms with van der Waals surface area (Å²) in [5.74, 6) is 0.908. The van der Waals surface area contributed by atoms with Crippen molar-refractivity contribution < 1.29 is 9.72 Å². The van der Waals surface area contributed by atoms with Gasteiger partial charge in [0.1, 0.15) is 11.5 Å². The van der Waals surface area contributed by atoms with Gasteiger partial charge in [-0.1, -0.05) is 18.2 Å². The number of hydrogen-bond acceptors (Lipinski definition) is 7. The molecule has 0 atom stereocenters. The van der Waals surface area contributed by atoms with E-state index in [2.05, 4.69) is 27.1 Å². The molecule has 0 radical (unpaired) electrons. The van der Waals surface area contributed by atoms with Gasteiger partial charge in [-0.15, -0.1) is 0 Å². The van der Waals surface area contributed by atoms with Crippen molar-refractivity contribution in [2.45, 2.75) is 19.4 Å². The van der Waals surface area contributed by atoms with Crippen LogP contribution in [0.1, 0.15) is 18.4 Å². The second-order valence-electron chi connectivity index (χ2n) is 8.50. The van der Waals surface area contributed by atoms with Gasteiger partial charge in [-0.3, -0.25) is 14.9 Å². The molecule has 9 heteroatoms. The van der Waals surface area contributed by atoms with E-state index in [1.165, 1.54) is 6.07 Å². The third-order valence-electron chi connectivity index (χ3n) is 6.41. The number of rotatable bonds is 6. The van der Waals surface area contributed by atoms with Gasteiger partial charge in [-0.2, -0.15) is 0 Å². The quantitative estimate of drug-likeness (QED) is 0.546. The second kappa shape index (κ2) is 9.95. The topological polar surface area (TPSA) is 94.8 Å². The Balaban J connectivity index is 1.32. The third-order valence-corrected chi connectivity index (χ3v) is 6.41. The van der Waals surface area contributed by atoms with E-state index in [-0.39, 0.29) is 22.4 Å². The van der Waals surface area contributed by atoms with E-state index in [1.54, 1.807) is 18.3 Å². The number of para-hydroxylation sites is 2. The highest BCUT2D eigenvalue weighted by Crippen LogP contribution is 2.31. The van der Waals surface area contributed by atoms with E-state index in [1.807, 2.05) is 23.1 Å². The highest BCUT2D eigenvalue weighted by atomic mass is 16.6. The van der Waals surface area contributed by atoms with E-state index in [9.17, 15) is 14.9 Å². The number of piperazine rings is 1. The van der Waals surface area contributed by atoms with Crippen LogP contribution in [0.5, 0.6) is 0 Å². The molecule has 2 saturated heterocycles. The SMILES string of the molecule is CN1CCN(c2ncccc2CNC(=O)C2CCN(c3ccccc3[N+](=O)[O-])CC2)CC1. The van der Waals surface area contributed by atoms with Crippen molar-refractivity contribution in [3.63, 3.8) is 0 Å². The summed E-state index contributed by atoms with van der Waals surface area (Å²) in [4.78, 5) is 35.0. The first-order chi connectivity index (χ1) is 15.5. The minimum Gasteiger partial charge on any atom is -0.366 e. The zero-order chi connectivity index (χ0) is 22.5. The van der Waals surface area contributed by atoms with Crippen LogP contribution in [-0.2, 0) is 11.3 Å². The van der Waals surface area contributed by atoms with Gasteiger partial charge in [0.25, 0.3) is 5.69 Å². The monoisotopic (exact) mass is 438 g/mol. The van der Waals surface area contributed by atoms with Crippen LogP contribution in [0.2, 0.25) is 0 Å². The molecule has 0 spiro atoms. The lowest BCUT2D eigenvalue weighted by molar-refractivity contribution is -0.384. The number of nitro benzene ring substituents is 1. The largest absolute Gasteiger partial charge is 0.366 e. The van der Waals surface area contributed by atoms with E-state index in [0.29, 0.717) is 38.2 Å². The zero-order valence-electron chi connectivity index (χ0n) is 18.4. The van der Waals surface area contributed by atoms with Crippen LogP contribution >= 0.6 is 0 Å². The van der Waals surface area contributed by atoms with Gasteiger partial charge >= 0.3 is 0 Å². The molecule has 0 bridgehead atoms. The first-order valence-corrected chi connectivity index (χ1v) is 11.2. The Morgan fingerprint density at radius 2 is 1.78 bits per heavy atom. The molecule has 0 saturated carbocycles. The number of amides is 1. The van der Waals surface area contributed by atoms with Crippen molar-refractivity contribution in [3.8, 4) is 0 Å². The number of likely N-dealkylation sites (N-methyl/N-ethyl adjacent to an activating group) is 1. The smallest absolute Gasteiger partial charge is 0.292 e. The maximum atomic E-state index is 12.8. The first-order valence-electron chi connectivity index (χ1n) is 11.2. The normalized spacial score (nSPS) is 17.9. The van der Waals surface area contributed by atoms with Crippen molar-refractivity contribution in [1.29, 1.82) is 0 Å².